The second-order valence-electron chi connectivity index (χ2n) is 4.88. The zero-order valence-corrected chi connectivity index (χ0v) is 11.1. The molecule has 88 valence electrons. The summed E-state index contributed by atoms with van der Waals surface area (Å²) in [6, 6.07) is 0. The summed E-state index contributed by atoms with van der Waals surface area (Å²) >= 11 is 0. The van der Waals surface area contributed by atoms with Crippen molar-refractivity contribution < 1.29 is 0 Å². The zero-order valence-electron chi connectivity index (χ0n) is 11.1. The van der Waals surface area contributed by atoms with Crippen LogP contribution in [0.2, 0.25) is 0 Å². The molecule has 0 aliphatic rings. The molecule has 0 rings (SSSR count). The molecular weight excluding hydrogens is 182 g/mol. The van der Waals surface area contributed by atoms with Gasteiger partial charge in [-0.25, -0.2) is 0 Å². The van der Waals surface area contributed by atoms with Crippen molar-refractivity contribution in [2.45, 2.75) is 53.9 Å². The first kappa shape index (κ1) is 14.4. The normalized spacial score (nSPS) is 13.4. The van der Waals surface area contributed by atoms with Gasteiger partial charge >= 0.3 is 0 Å². The van der Waals surface area contributed by atoms with Crippen LogP contribution in [0.1, 0.15) is 53.9 Å². The monoisotopic (exact) mass is 209 g/mol. The first-order valence-corrected chi connectivity index (χ1v) is 6.27. The second kappa shape index (κ2) is 8.70. The summed E-state index contributed by atoms with van der Waals surface area (Å²) in [5.41, 5.74) is 1.39. The van der Waals surface area contributed by atoms with Crippen LogP contribution in [0.3, 0.4) is 0 Å². The van der Waals surface area contributed by atoms with Gasteiger partial charge in [-0.2, -0.15) is 0 Å². The molecule has 0 N–H and O–H groups in total. The fourth-order valence-corrected chi connectivity index (χ4v) is 1.23. The second-order valence-corrected chi connectivity index (χ2v) is 4.88. The maximum absolute atomic E-state index is 4.47. The molecule has 0 atom stereocenters. The summed E-state index contributed by atoms with van der Waals surface area (Å²) in [5.74, 6) is 1.33. The van der Waals surface area contributed by atoms with Crippen LogP contribution in [0.15, 0.2) is 16.6 Å². The van der Waals surface area contributed by atoms with Crippen LogP contribution in [-0.4, -0.2) is 12.8 Å². The standard InChI is InChI=1S/C14H27N/c1-6-7-10-15-11-14(13(4)5)9-8-12(2)3/h9,11-13H,6-8,10H2,1-5H3/b14-9+,15-11?. The van der Waals surface area contributed by atoms with E-state index in [2.05, 4.69) is 51.9 Å². The van der Waals surface area contributed by atoms with Crippen molar-refractivity contribution in [1.82, 2.24) is 0 Å². The van der Waals surface area contributed by atoms with Gasteiger partial charge in [0.05, 0.1) is 0 Å². The minimum atomic E-state index is 0.592. The van der Waals surface area contributed by atoms with Gasteiger partial charge in [-0.3, -0.25) is 4.99 Å². The Kier molecular flexibility index (Phi) is 8.35. The van der Waals surface area contributed by atoms with Gasteiger partial charge in [-0.15, -0.1) is 0 Å². The highest BCUT2D eigenvalue weighted by Gasteiger charge is 2.00. The highest BCUT2D eigenvalue weighted by atomic mass is 14.7. The highest BCUT2D eigenvalue weighted by molar-refractivity contribution is 5.78. The lowest BCUT2D eigenvalue weighted by Crippen LogP contribution is -1.98. The number of unbranched alkanes of at least 4 members (excludes halogenated alkanes) is 1. The molecule has 0 saturated heterocycles. The van der Waals surface area contributed by atoms with E-state index >= 15 is 0 Å². The lowest BCUT2D eigenvalue weighted by atomic mass is 10.0. The van der Waals surface area contributed by atoms with E-state index in [4.69, 9.17) is 0 Å². The molecule has 0 aliphatic carbocycles. The molecule has 0 radical (unpaired) electrons. The quantitative estimate of drug-likeness (QED) is 0.433. The van der Waals surface area contributed by atoms with Gasteiger partial charge in [0.2, 0.25) is 0 Å². The Hall–Kier alpha value is -0.590. The summed E-state index contributed by atoms with van der Waals surface area (Å²) in [6.45, 7) is 12.1. The van der Waals surface area contributed by atoms with E-state index in [9.17, 15) is 0 Å². The van der Waals surface area contributed by atoms with Gasteiger partial charge in [0, 0.05) is 12.8 Å². The van der Waals surface area contributed by atoms with Crippen LogP contribution in [0.25, 0.3) is 0 Å². The van der Waals surface area contributed by atoms with Crippen molar-refractivity contribution >= 4 is 6.21 Å². The van der Waals surface area contributed by atoms with E-state index in [0.717, 1.165) is 18.9 Å². The number of rotatable bonds is 7. The molecule has 0 fully saturated rings. The first-order valence-electron chi connectivity index (χ1n) is 6.27. The predicted molar refractivity (Wildman–Crippen MR) is 70.6 cm³/mol. The Labute approximate surface area is 95.7 Å². The lowest BCUT2D eigenvalue weighted by molar-refractivity contribution is 0.656. The summed E-state index contributed by atoms with van der Waals surface area (Å²) in [7, 11) is 0. The Morgan fingerprint density at radius 3 is 2.33 bits per heavy atom. The molecule has 0 aromatic rings. The first-order chi connectivity index (χ1) is 7.07. The van der Waals surface area contributed by atoms with E-state index in [1.165, 1.54) is 18.4 Å². The van der Waals surface area contributed by atoms with Crippen molar-refractivity contribution in [2.24, 2.45) is 16.8 Å². The third kappa shape index (κ3) is 8.41. The lowest BCUT2D eigenvalue weighted by Gasteiger charge is -2.07. The number of hydrogen-bond acceptors (Lipinski definition) is 1. The minimum Gasteiger partial charge on any atom is -0.293 e. The largest absolute Gasteiger partial charge is 0.293 e. The number of hydrogen-bond donors (Lipinski definition) is 0. The maximum Gasteiger partial charge on any atom is 0.0389 e. The molecule has 0 bridgehead atoms. The summed E-state index contributed by atoms with van der Waals surface area (Å²) in [6.07, 6.45) is 8.00. The van der Waals surface area contributed by atoms with Crippen molar-refractivity contribution in [2.75, 3.05) is 6.54 Å². The van der Waals surface area contributed by atoms with Gasteiger partial charge in [0.15, 0.2) is 0 Å². The molecule has 0 saturated carbocycles. The van der Waals surface area contributed by atoms with E-state index in [1.807, 2.05) is 0 Å². The highest BCUT2D eigenvalue weighted by Crippen LogP contribution is 2.11. The summed E-state index contributed by atoms with van der Waals surface area (Å²) in [5, 5.41) is 0. The molecule has 0 aromatic heterocycles. The van der Waals surface area contributed by atoms with Gasteiger partial charge in [0.25, 0.3) is 0 Å². The molecule has 1 nitrogen and oxygen atoms in total. The summed E-state index contributed by atoms with van der Waals surface area (Å²) < 4.78 is 0. The van der Waals surface area contributed by atoms with E-state index in [-0.39, 0.29) is 0 Å². The minimum absolute atomic E-state index is 0.592. The van der Waals surface area contributed by atoms with E-state index in [1.54, 1.807) is 0 Å². The summed E-state index contributed by atoms with van der Waals surface area (Å²) in [4.78, 5) is 4.47. The van der Waals surface area contributed by atoms with Crippen molar-refractivity contribution in [3.63, 3.8) is 0 Å². The van der Waals surface area contributed by atoms with Crippen LogP contribution in [0.5, 0.6) is 0 Å². The van der Waals surface area contributed by atoms with Crippen molar-refractivity contribution in [3.8, 4) is 0 Å². The van der Waals surface area contributed by atoms with Gasteiger partial charge in [-0.05, 0) is 30.3 Å². The number of aliphatic imine (C=N–C) groups is 1. The predicted octanol–water partition coefficient (Wildman–Crippen LogP) is 4.49. The van der Waals surface area contributed by atoms with Crippen LogP contribution in [0.4, 0.5) is 0 Å². The Morgan fingerprint density at radius 2 is 1.87 bits per heavy atom. The van der Waals surface area contributed by atoms with Gasteiger partial charge in [-0.1, -0.05) is 47.1 Å². The fourth-order valence-electron chi connectivity index (χ4n) is 1.23. The van der Waals surface area contributed by atoms with Crippen LogP contribution < -0.4 is 0 Å². The number of allylic oxidation sites excluding steroid dienone is 2. The molecule has 0 aliphatic heterocycles. The van der Waals surface area contributed by atoms with Crippen LogP contribution >= 0.6 is 0 Å². The Balaban J connectivity index is 4.15. The molecule has 0 heterocycles. The topological polar surface area (TPSA) is 12.4 Å². The van der Waals surface area contributed by atoms with Gasteiger partial charge < -0.3 is 0 Å². The fraction of sp³-hybridized carbons (Fsp3) is 0.786. The van der Waals surface area contributed by atoms with Crippen molar-refractivity contribution in [1.29, 1.82) is 0 Å². The average molecular weight is 209 g/mol. The Morgan fingerprint density at radius 1 is 1.20 bits per heavy atom. The van der Waals surface area contributed by atoms with Crippen molar-refractivity contribution in [3.05, 3.63) is 11.6 Å². The molecule has 0 aromatic carbocycles. The average Bonchev–Trinajstić information content (AvgIpc) is 2.15. The third-order valence-electron chi connectivity index (χ3n) is 2.37. The third-order valence-corrected chi connectivity index (χ3v) is 2.37. The number of nitrogens with zero attached hydrogens (tertiary/aromatic N) is 1. The Bertz CT molecular complexity index is 199. The maximum atomic E-state index is 4.47. The molecule has 0 spiro atoms. The van der Waals surface area contributed by atoms with Gasteiger partial charge in [0.1, 0.15) is 0 Å². The SMILES string of the molecule is CCCCN=C/C(=C\CC(C)C)C(C)C. The molecule has 1 heteroatoms. The van der Waals surface area contributed by atoms with Crippen LogP contribution in [0, 0.1) is 11.8 Å². The van der Waals surface area contributed by atoms with E-state index in [0.29, 0.717) is 5.92 Å². The zero-order chi connectivity index (χ0) is 11.7. The smallest absolute Gasteiger partial charge is 0.0389 e. The molecule has 15 heavy (non-hydrogen) atoms. The molecule has 0 unspecified atom stereocenters. The van der Waals surface area contributed by atoms with E-state index < -0.39 is 0 Å². The van der Waals surface area contributed by atoms with Crippen LogP contribution in [-0.2, 0) is 0 Å². The molecule has 0 amide bonds. The molecular formula is C14H27N.